The minimum atomic E-state index is -0.840. The van der Waals surface area contributed by atoms with Crippen LogP contribution in [0.5, 0.6) is 0 Å². The molecule has 0 amide bonds. The van der Waals surface area contributed by atoms with Gasteiger partial charge in [-0.3, -0.25) is 4.79 Å². The largest absolute Gasteiger partial charge is 0.481 e. The molecular formula is C10H16O5. The number of ether oxygens (including phenoxy) is 2. The van der Waals surface area contributed by atoms with Crippen LogP contribution in [-0.2, 0) is 19.1 Å². The monoisotopic (exact) mass is 216 g/mol. The van der Waals surface area contributed by atoms with E-state index in [1.165, 1.54) is 0 Å². The summed E-state index contributed by atoms with van der Waals surface area (Å²) in [5, 5.41) is 8.32. The summed E-state index contributed by atoms with van der Waals surface area (Å²) in [4.78, 5) is 21.0. The van der Waals surface area contributed by atoms with E-state index < -0.39 is 11.9 Å². The van der Waals surface area contributed by atoms with Crippen LogP contribution in [0, 0.1) is 0 Å². The third-order valence-corrected chi connectivity index (χ3v) is 1.49. The van der Waals surface area contributed by atoms with E-state index in [1.807, 2.05) is 0 Å². The summed E-state index contributed by atoms with van der Waals surface area (Å²) in [6.45, 7) is 5.79. The third kappa shape index (κ3) is 8.96. The quantitative estimate of drug-likeness (QED) is 0.372. The third-order valence-electron chi connectivity index (χ3n) is 1.49. The van der Waals surface area contributed by atoms with Crippen LogP contribution in [0.2, 0.25) is 0 Å². The van der Waals surface area contributed by atoms with Crippen LogP contribution in [0.25, 0.3) is 0 Å². The number of rotatable bonds is 8. The maximum absolute atomic E-state index is 10.9. The molecule has 0 bridgehead atoms. The van der Waals surface area contributed by atoms with Crippen LogP contribution in [0.1, 0.15) is 19.8 Å². The second-order valence-electron chi connectivity index (χ2n) is 3.03. The van der Waals surface area contributed by atoms with Gasteiger partial charge in [-0.25, -0.2) is 4.79 Å². The molecule has 5 nitrogen and oxygen atoms in total. The molecule has 0 aliphatic carbocycles. The molecule has 0 saturated carbocycles. The fourth-order valence-corrected chi connectivity index (χ4v) is 0.744. The Hall–Kier alpha value is -1.36. The molecule has 1 N–H and O–H groups in total. The molecule has 0 aliphatic heterocycles. The van der Waals surface area contributed by atoms with Gasteiger partial charge in [0.25, 0.3) is 0 Å². The first-order chi connectivity index (χ1) is 7.04. The Bertz CT molecular complexity index is 234. The molecule has 0 heterocycles. The van der Waals surface area contributed by atoms with Gasteiger partial charge in [-0.2, -0.15) is 0 Å². The first-order valence-corrected chi connectivity index (χ1v) is 4.66. The molecule has 0 radical (unpaired) electrons. The Morgan fingerprint density at radius 2 is 1.93 bits per heavy atom. The zero-order valence-corrected chi connectivity index (χ0v) is 8.82. The first kappa shape index (κ1) is 13.6. The molecule has 0 aliphatic rings. The van der Waals surface area contributed by atoms with Gasteiger partial charge in [-0.1, -0.05) is 6.58 Å². The minimum Gasteiger partial charge on any atom is -0.481 e. The molecule has 5 heteroatoms. The molecule has 0 aromatic rings. The minimum absolute atomic E-state index is 0.0888. The highest BCUT2D eigenvalue weighted by molar-refractivity contribution is 5.86. The highest BCUT2D eigenvalue weighted by atomic mass is 16.6. The van der Waals surface area contributed by atoms with Crippen LogP contribution < -0.4 is 0 Å². The summed E-state index contributed by atoms with van der Waals surface area (Å²) in [6, 6.07) is 0. The fourth-order valence-electron chi connectivity index (χ4n) is 0.744. The van der Waals surface area contributed by atoms with Gasteiger partial charge >= 0.3 is 11.9 Å². The molecule has 15 heavy (non-hydrogen) atoms. The number of esters is 1. The highest BCUT2D eigenvalue weighted by Crippen LogP contribution is 1.93. The Morgan fingerprint density at radius 1 is 1.27 bits per heavy atom. The van der Waals surface area contributed by atoms with Crippen molar-refractivity contribution in [2.75, 3.05) is 19.8 Å². The summed E-state index contributed by atoms with van der Waals surface area (Å²) in [5.74, 6) is -1.28. The lowest BCUT2D eigenvalue weighted by atomic mass is 10.3. The average Bonchev–Trinajstić information content (AvgIpc) is 2.15. The topological polar surface area (TPSA) is 72.8 Å². The normalized spacial score (nSPS) is 9.67. The maximum Gasteiger partial charge on any atom is 0.333 e. The zero-order chi connectivity index (χ0) is 11.7. The van der Waals surface area contributed by atoms with Crippen LogP contribution in [0.3, 0.4) is 0 Å². The summed E-state index contributed by atoms with van der Waals surface area (Å²) >= 11 is 0. The summed E-state index contributed by atoms with van der Waals surface area (Å²) < 4.78 is 9.80. The van der Waals surface area contributed by atoms with Crippen LogP contribution in [0.4, 0.5) is 0 Å². The number of hydrogen-bond donors (Lipinski definition) is 1. The second-order valence-corrected chi connectivity index (χ2v) is 3.03. The molecule has 0 aromatic carbocycles. The van der Waals surface area contributed by atoms with E-state index in [4.69, 9.17) is 14.6 Å². The van der Waals surface area contributed by atoms with Crippen molar-refractivity contribution in [3.8, 4) is 0 Å². The van der Waals surface area contributed by atoms with Crippen LogP contribution >= 0.6 is 0 Å². The van der Waals surface area contributed by atoms with E-state index in [-0.39, 0.29) is 19.6 Å². The van der Waals surface area contributed by atoms with Gasteiger partial charge in [-0.05, 0) is 13.3 Å². The van der Waals surface area contributed by atoms with Gasteiger partial charge in [0, 0.05) is 18.6 Å². The highest BCUT2D eigenvalue weighted by Gasteiger charge is 2.02. The lowest BCUT2D eigenvalue weighted by Gasteiger charge is -2.04. The Labute approximate surface area is 88.7 Å². The van der Waals surface area contributed by atoms with Crippen LogP contribution in [0.15, 0.2) is 12.2 Å². The van der Waals surface area contributed by atoms with E-state index in [0.717, 1.165) is 0 Å². The number of carbonyl (C=O) groups is 2. The van der Waals surface area contributed by atoms with Crippen molar-refractivity contribution in [2.24, 2.45) is 0 Å². The molecule has 86 valence electrons. The van der Waals surface area contributed by atoms with Gasteiger partial charge in [0.05, 0.1) is 6.61 Å². The van der Waals surface area contributed by atoms with E-state index in [9.17, 15) is 9.59 Å². The van der Waals surface area contributed by atoms with Gasteiger partial charge in [0.1, 0.15) is 6.61 Å². The lowest BCUT2D eigenvalue weighted by molar-refractivity contribution is -0.140. The molecule has 0 spiro atoms. The molecule has 0 unspecified atom stereocenters. The number of aliphatic carboxylic acids is 1. The van der Waals surface area contributed by atoms with Crippen molar-refractivity contribution < 1.29 is 24.2 Å². The fraction of sp³-hybridized carbons (Fsp3) is 0.600. The molecule has 0 aromatic heterocycles. The Morgan fingerprint density at radius 3 is 2.47 bits per heavy atom. The predicted octanol–water partition coefficient (Wildman–Crippen LogP) is 0.987. The SMILES string of the molecule is C=C(C)C(=O)OCCOCCCC(=O)O. The standard InChI is InChI=1S/C10H16O5/c1-8(2)10(13)15-7-6-14-5-3-4-9(11)12/h1,3-7H2,2H3,(H,11,12). The van der Waals surface area contributed by atoms with Crippen molar-refractivity contribution in [1.82, 2.24) is 0 Å². The zero-order valence-electron chi connectivity index (χ0n) is 8.82. The van der Waals surface area contributed by atoms with E-state index >= 15 is 0 Å². The van der Waals surface area contributed by atoms with Crippen molar-refractivity contribution in [3.63, 3.8) is 0 Å². The number of carbonyl (C=O) groups excluding carboxylic acids is 1. The van der Waals surface area contributed by atoms with E-state index in [1.54, 1.807) is 6.92 Å². The molecule has 0 saturated heterocycles. The second kappa shape index (κ2) is 7.99. The Balaban J connectivity index is 3.22. The molecule has 0 fully saturated rings. The first-order valence-electron chi connectivity index (χ1n) is 4.66. The number of carboxylic acids is 1. The number of hydrogen-bond acceptors (Lipinski definition) is 4. The summed E-state index contributed by atoms with van der Waals surface area (Å²) in [7, 11) is 0. The number of carboxylic acid groups (broad SMARTS) is 1. The molecule has 0 rings (SSSR count). The van der Waals surface area contributed by atoms with Crippen molar-refractivity contribution in [3.05, 3.63) is 12.2 Å². The maximum atomic E-state index is 10.9. The van der Waals surface area contributed by atoms with E-state index in [0.29, 0.717) is 18.6 Å². The van der Waals surface area contributed by atoms with E-state index in [2.05, 4.69) is 6.58 Å². The Kier molecular flexibility index (Phi) is 7.27. The molecule has 0 atom stereocenters. The van der Waals surface area contributed by atoms with Gasteiger partial charge in [0.15, 0.2) is 0 Å². The van der Waals surface area contributed by atoms with Crippen LogP contribution in [-0.4, -0.2) is 36.9 Å². The van der Waals surface area contributed by atoms with Gasteiger partial charge in [-0.15, -0.1) is 0 Å². The average molecular weight is 216 g/mol. The predicted molar refractivity (Wildman–Crippen MR) is 53.5 cm³/mol. The summed E-state index contributed by atoms with van der Waals surface area (Å²) in [6.07, 6.45) is 0.551. The van der Waals surface area contributed by atoms with Crippen molar-refractivity contribution in [2.45, 2.75) is 19.8 Å². The van der Waals surface area contributed by atoms with Gasteiger partial charge < -0.3 is 14.6 Å². The lowest BCUT2D eigenvalue weighted by Crippen LogP contribution is -2.11. The molecular weight excluding hydrogens is 200 g/mol. The van der Waals surface area contributed by atoms with Crippen molar-refractivity contribution >= 4 is 11.9 Å². The van der Waals surface area contributed by atoms with Gasteiger partial charge in [0.2, 0.25) is 0 Å². The summed E-state index contributed by atoms with van der Waals surface area (Å²) in [5.41, 5.74) is 0.348. The smallest absolute Gasteiger partial charge is 0.333 e. The van der Waals surface area contributed by atoms with Crippen molar-refractivity contribution in [1.29, 1.82) is 0 Å².